The summed E-state index contributed by atoms with van der Waals surface area (Å²) in [5.41, 5.74) is 0.463. The molecule has 2 aliphatic carbocycles. The van der Waals surface area contributed by atoms with Crippen LogP contribution >= 0.6 is 0 Å². The molecule has 2 N–H and O–H groups in total. The summed E-state index contributed by atoms with van der Waals surface area (Å²) in [7, 11) is 0. The third-order valence-electron chi connectivity index (χ3n) is 5.84. The Bertz CT molecular complexity index is 401. The number of hydrogen-bond donors (Lipinski definition) is 2. The maximum Gasteiger partial charge on any atom is 0.315 e. The van der Waals surface area contributed by atoms with E-state index in [-0.39, 0.29) is 12.1 Å². The summed E-state index contributed by atoms with van der Waals surface area (Å²) in [5.74, 6) is 2.21. The maximum absolute atomic E-state index is 12.0. The normalized spacial score (nSPS) is 39.7. The van der Waals surface area contributed by atoms with E-state index in [0.29, 0.717) is 24.0 Å². The summed E-state index contributed by atoms with van der Waals surface area (Å²) < 4.78 is 5.65. The Hall–Kier alpha value is -0.770. The first-order chi connectivity index (χ1) is 10.4. The second kappa shape index (κ2) is 6.38. The molecule has 2 bridgehead atoms. The average Bonchev–Trinajstić information content (AvgIpc) is 2.35. The molecule has 0 aromatic rings. The molecule has 2 heterocycles. The molecule has 0 spiro atoms. The molecule has 4 aliphatic rings. The predicted octanol–water partition coefficient (Wildman–Crippen LogP) is 3.32. The topological polar surface area (TPSA) is 50.4 Å². The zero-order chi connectivity index (χ0) is 15.7. The summed E-state index contributed by atoms with van der Waals surface area (Å²) >= 11 is 0. The van der Waals surface area contributed by atoms with Gasteiger partial charge in [-0.15, -0.1) is 0 Å². The lowest BCUT2D eigenvalue weighted by Crippen LogP contribution is -2.57. The smallest absolute Gasteiger partial charge is 0.315 e. The van der Waals surface area contributed by atoms with Gasteiger partial charge in [-0.05, 0) is 61.7 Å². The molecule has 2 amide bonds. The highest BCUT2D eigenvalue weighted by Crippen LogP contribution is 2.42. The van der Waals surface area contributed by atoms with Gasteiger partial charge in [0.2, 0.25) is 0 Å². The van der Waals surface area contributed by atoms with Crippen molar-refractivity contribution in [1.29, 1.82) is 0 Å². The molecule has 4 rings (SSSR count). The number of fused-ring (bicyclic) bond motifs is 2. The first kappa shape index (κ1) is 16.1. The third-order valence-corrected chi connectivity index (χ3v) is 5.84. The quantitative estimate of drug-likeness (QED) is 0.837. The summed E-state index contributed by atoms with van der Waals surface area (Å²) in [5, 5.41) is 6.15. The molecular weight excluding hydrogens is 276 g/mol. The standard InChI is InChI=1S/C18H32N2O2/c1-12-6-13(10-18(2,3)9-12)4-5-19-17(21)20-16-11-22-15-7-14(16)8-15/h12-16H,4-11H2,1-3H3,(H2,19,20,21). The Morgan fingerprint density at radius 1 is 1.23 bits per heavy atom. The van der Waals surface area contributed by atoms with E-state index >= 15 is 0 Å². The highest BCUT2D eigenvalue weighted by molar-refractivity contribution is 5.74. The van der Waals surface area contributed by atoms with Gasteiger partial charge in [0.15, 0.2) is 0 Å². The highest BCUT2D eigenvalue weighted by atomic mass is 16.5. The van der Waals surface area contributed by atoms with Crippen LogP contribution in [-0.2, 0) is 4.74 Å². The van der Waals surface area contributed by atoms with Crippen molar-refractivity contribution >= 4 is 6.03 Å². The van der Waals surface area contributed by atoms with Crippen molar-refractivity contribution in [2.75, 3.05) is 13.2 Å². The van der Waals surface area contributed by atoms with Crippen LogP contribution in [-0.4, -0.2) is 31.3 Å². The molecule has 2 aliphatic heterocycles. The molecule has 3 atom stereocenters. The number of hydrogen-bond acceptors (Lipinski definition) is 2. The monoisotopic (exact) mass is 308 g/mol. The fourth-order valence-electron chi connectivity index (χ4n) is 4.98. The van der Waals surface area contributed by atoms with Gasteiger partial charge in [-0.1, -0.05) is 20.8 Å². The molecule has 2 saturated heterocycles. The van der Waals surface area contributed by atoms with Gasteiger partial charge >= 0.3 is 6.03 Å². The molecule has 3 unspecified atom stereocenters. The maximum atomic E-state index is 12.0. The van der Waals surface area contributed by atoms with E-state index in [0.717, 1.165) is 37.6 Å². The Kier molecular flexibility index (Phi) is 4.67. The molecule has 4 nitrogen and oxygen atoms in total. The summed E-state index contributed by atoms with van der Waals surface area (Å²) in [4.78, 5) is 12.0. The van der Waals surface area contributed by atoms with Crippen molar-refractivity contribution in [2.24, 2.45) is 23.2 Å². The van der Waals surface area contributed by atoms with Crippen molar-refractivity contribution in [1.82, 2.24) is 10.6 Å². The van der Waals surface area contributed by atoms with Crippen LogP contribution in [0.3, 0.4) is 0 Å². The Balaban J connectivity index is 1.34. The molecule has 0 aromatic carbocycles. The number of urea groups is 1. The highest BCUT2D eigenvalue weighted by Gasteiger charge is 2.41. The first-order valence-electron chi connectivity index (χ1n) is 9.07. The van der Waals surface area contributed by atoms with Crippen LogP contribution in [0.15, 0.2) is 0 Å². The van der Waals surface area contributed by atoms with Crippen molar-refractivity contribution in [3.8, 4) is 0 Å². The molecule has 22 heavy (non-hydrogen) atoms. The van der Waals surface area contributed by atoms with Gasteiger partial charge in [-0.25, -0.2) is 4.79 Å². The minimum Gasteiger partial charge on any atom is -0.376 e. The minimum absolute atomic E-state index is 0.0120. The van der Waals surface area contributed by atoms with Crippen molar-refractivity contribution in [3.63, 3.8) is 0 Å². The van der Waals surface area contributed by atoms with Gasteiger partial charge in [0.25, 0.3) is 0 Å². The molecule has 4 fully saturated rings. The summed E-state index contributed by atoms with van der Waals surface area (Å²) in [6, 6.07) is 0.209. The third kappa shape index (κ3) is 3.95. The molecule has 126 valence electrons. The lowest BCUT2D eigenvalue weighted by Gasteiger charge is -2.46. The van der Waals surface area contributed by atoms with Crippen LogP contribution in [0, 0.1) is 23.2 Å². The van der Waals surface area contributed by atoms with Gasteiger partial charge < -0.3 is 15.4 Å². The zero-order valence-corrected chi connectivity index (χ0v) is 14.4. The van der Waals surface area contributed by atoms with Crippen LogP contribution in [0.4, 0.5) is 4.79 Å². The molecule has 4 heteroatoms. The van der Waals surface area contributed by atoms with E-state index in [1.165, 1.54) is 19.3 Å². The average molecular weight is 308 g/mol. The van der Waals surface area contributed by atoms with Crippen LogP contribution in [0.1, 0.15) is 59.3 Å². The van der Waals surface area contributed by atoms with Gasteiger partial charge in [0, 0.05) is 6.54 Å². The van der Waals surface area contributed by atoms with Crippen molar-refractivity contribution in [2.45, 2.75) is 71.4 Å². The van der Waals surface area contributed by atoms with Crippen LogP contribution in [0.2, 0.25) is 0 Å². The number of carbonyl (C=O) groups is 1. The molecular formula is C18H32N2O2. The van der Waals surface area contributed by atoms with Gasteiger partial charge in [-0.2, -0.15) is 0 Å². The van der Waals surface area contributed by atoms with E-state index in [2.05, 4.69) is 31.4 Å². The van der Waals surface area contributed by atoms with E-state index in [4.69, 9.17) is 4.74 Å². The van der Waals surface area contributed by atoms with Gasteiger partial charge in [0.1, 0.15) is 0 Å². The summed E-state index contributed by atoms with van der Waals surface area (Å²) in [6.45, 7) is 8.61. The minimum atomic E-state index is -0.0120. The van der Waals surface area contributed by atoms with E-state index < -0.39 is 0 Å². The van der Waals surface area contributed by atoms with E-state index in [9.17, 15) is 4.79 Å². The second-order valence-electron chi connectivity index (χ2n) is 8.76. The fourth-order valence-corrected chi connectivity index (χ4v) is 4.98. The van der Waals surface area contributed by atoms with Gasteiger partial charge in [-0.3, -0.25) is 0 Å². The SMILES string of the molecule is CC1CC(CCNC(=O)NC2COC3CC2C3)CC(C)(C)C1. The largest absolute Gasteiger partial charge is 0.376 e. The molecule has 0 radical (unpaired) electrons. The van der Waals surface area contributed by atoms with Crippen LogP contribution < -0.4 is 10.6 Å². The summed E-state index contributed by atoms with van der Waals surface area (Å²) in [6.07, 6.45) is 7.77. The van der Waals surface area contributed by atoms with Gasteiger partial charge in [0.05, 0.1) is 18.8 Å². The zero-order valence-electron chi connectivity index (χ0n) is 14.4. The van der Waals surface area contributed by atoms with Crippen molar-refractivity contribution in [3.05, 3.63) is 0 Å². The predicted molar refractivity (Wildman–Crippen MR) is 87.7 cm³/mol. The Labute approximate surface area is 134 Å². The second-order valence-corrected chi connectivity index (χ2v) is 8.76. The van der Waals surface area contributed by atoms with Crippen LogP contribution in [0.25, 0.3) is 0 Å². The molecule has 2 saturated carbocycles. The Morgan fingerprint density at radius 2 is 2.00 bits per heavy atom. The van der Waals surface area contributed by atoms with E-state index in [1.807, 2.05) is 0 Å². The number of amides is 2. The molecule has 0 aromatic heterocycles. The Morgan fingerprint density at radius 3 is 2.64 bits per heavy atom. The lowest BCUT2D eigenvalue weighted by atomic mass is 9.67. The van der Waals surface area contributed by atoms with Crippen LogP contribution in [0.5, 0.6) is 0 Å². The van der Waals surface area contributed by atoms with E-state index in [1.54, 1.807) is 0 Å². The fraction of sp³-hybridized carbons (Fsp3) is 0.944. The van der Waals surface area contributed by atoms with Crippen molar-refractivity contribution < 1.29 is 9.53 Å². The number of carbonyl (C=O) groups excluding carboxylic acids is 1. The first-order valence-corrected chi connectivity index (χ1v) is 9.07. The lowest BCUT2D eigenvalue weighted by molar-refractivity contribution is -0.107. The number of nitrogens with one attached hydrogen (secondary N) is 2. The number of rotatable bonds is 4. The number of ether oxygens (including phenoxy) is 1.